The lowest BCUT2D eigenvalue weighted by atomic mass is 10.0. The van der Waals surface area contributed by atoms with E-state index >= 15 is 0 Å². The second-order valence-electron chi connectivity index (χ2n) is 5.80. The molecular formula is C19H22FN3O6. The zero-order valence-corrected chi connectivity index (χ0v) is 15.6. The van der Waals surface area contributed by atoms with Crippen LogP contribution in [0, 0.1) is 5.82 Å². The summed E-state index contributed by atoms with van der Waals surface area (Å²) in [7, 11) is 0. The molecule has 0 spiro atoms. The molecule has 0 bridgehead atoms. The van der Waals surface area contributed by atoms with Crippen LogP contribution in [0.25, 0.3) is 0 Å². The number of oxime groups is 1. The number of aliphatic hydroxyl groups is 1. The van der Waals surface area contributed by atoms with Gasteiger partial charge in [0.05, 0.1) is 13.2 Å². The average Bonchev–Trinajstić information content (AvgIpc) is 2.72. The molecule has 0 amide bonds. The van der Waals surface area contributed by atoms with Crippen LogP contribution in [0.3, 0.4) is 0 Å². The Hall–Kier alpha value is -3.53. The van der Waals surface area contributed by atoms with E-state index in [4.69, 9.17) is 25.5 Å². The van der Waals surface area contributed by atoms with Crippen LogP contribution < -0.4 is 20.5 Å². The van der Waals surface area contributed by atoms with Crippen molar-refractivity contribution >= 4 is 17.5 Å². The number of carboxylic acids is 1. The molecule has 0 aliphatic rings. The Kier molecular flexibility index (Phi) is 7.61. The monoisotopic (exact) mass is 407 g/mol. The second-order valence-corrected chi connectivity index (χ2v) is 5.80. The number of hydrogen-bond donors (Lipinski definition) is 5. The molecule has 0 aliphatic carbocycles. The van der Waals surface area contributed by atoms with Gasteiger partial charge in [0.2, 0.25) is 0 Å². The number of nitrogens with one attached hydrogen (secondary N) is 1. The summed E-state index contributed by atoms with van der Waals surface area (Å²) in [4.78, 5) is 11.8. The molecule has 29 heavy (non-hydrogen) atoms. The molecule has 0 heterocycles. The number of nitrogens with zero attached hydrogens (tertiary/aromatic N) is 1. The fraction of sp³-hybridized carbons (Fsp3) is 0.263. The van der Waals surface area contributed by atoms with E-state index in [1.54, 1.807) is 6.92 Å². The summed E-state index contributed by atoms with van der Waals surface area (Å²) in [6, 6.07) is 6.92. The first-order valence-electron chi connectivity index (χ1n) is 8.68. The Labute approximate surface area is 166 Å². The Bertz CT molecular complexity index is 873. The number of rotatable bonds is 10. The van der Waals surface area contributed by atoms with E-state index in [9.17, 15) is 14.3 Å². The number of anilines is 1. The van der Waals surface area contributed by atoms with Crippen LogP contribution >= 0.6 is 0 Å². The first-order valence-corrected chi connectivity index (χ1v) is 8.68. The van der Waals surface area contributed by atoms with Crippen LogP contribution in [-0.2, 0) is 4.79 Å². The minimum atomic E-state index is -1.42. The van der Waals surface area contributed by atoms with Crippen molar-refractivity contribution in [2.45, 2.75) is 13.0 Å². The summed E-state index contributed by atoms with van der Waals surface area (Å²) in [6.07, 6.45) is 0. The van der Waals surface area contributed by atoms with Gasteiger partial charge in [-0.1, -0.05) is 5.16 Å². The molecule has 2 aromatic carbocycles. The summed E-state index contributed by atoms with van der Waals surface area (Å²) < 4.78 is 25.3. The van der Waals surface area contributed by atoms with Crippen molar-refractivity contribution in [3.63, 3.8) is 0 Å². The molecule has 156 valence electrons. The number of aliphatic carboxylic acids is 1. The molecule has 9 nitrogen and oxygen atoms in total. The summed E-state index contributed by atoms with van der Waals surface area (Å²) in [5.41, 5.74) is 6.15. The number of amidine groups is 1. The maximum atomic E-state index is 14.7. The number of carbonyl (C=O) groups is 1. The minimum absolute atomic E-state index is 0.0634. The lowest BCUT2D eigenvalue weighted by Gasteiger charge is -2.19. The van der Waals surface area contributed by atoms with E-state index in [1.807, 2.05) is 0 Å². The first-order chi connectivity index (χ1) is 13.9. The molecule has 0 saturated heterocycles. The first kappa shape index (κ1) is 21.8. The Balaban J connectivity index is 2.36. The van der Waals surface area contributed by atoms with Crippen LogP contribution in [0.5, 0.6) is 11.5 Å². The molecule has 10 heteroatoms. The third-order valence-electron chi connectivity index (χ3n) is 3.87. The predicted octanol–water partition coefficient (Wildman–Crippen LogP) is 1.93. The van der Waals surface area contributed by atoms with Crippen molar-refractivity contribution in [3.05, 3.63) is 53.3 Å². The molecule has 0 aromatic heterocycles. The smallest absolute Gasteiger partial charge is 0.330 e. The highest BCUT2D eigenvalue weighted by Gasteiger charge is 2.26. The van der Waals surface area contributed by atoms with Crippen LogP contribution in [0.1, 0.15) is 24.1 Å². The molecule has 1 unspecified atom stereocenters. The number of halogens is 1. The van der Waals surface area contributed by atoms with Crippen molar-refractivity contribution in [2.75, 3.05) is 25.1 Å². The minimum Gasteiger partial charge on any atom is -0.490 e. The van der Waals surface area contributed by atoms with Crippen molar-refractivity contribution in [2.24, 2.45) is 10.9 Å². The molecule has 0 aliphatic heterocycles. The molecule has 1 atom stereocenters. The second kappa shape index (κ2) is 10.1. The maximum absolute atomic E-state index is 14.7. The van der Waals surface area contributed by atoms with Gasteiger partial charge in [0, 0.05) is 22.9 Å². The van der Waals surface area contributed by atoms with Crippen LogP contribution in [0.15, 0.2) is 41.6 Å². The zero-order chi connectivity index (χ0) is 21.4. The van der Waals surface area contributed by atoms with Gasteiger partial charge in [-0.2, -0.15) is 0 Å². The largest absolute Gasteiger partial charge is 0.490 e. The third kappa shape index (κ3) is 5.48. The lowest BCUT2D eigenvalue weighted by Crippen LogP contribution is -2.22. The summed E-state index contributed by atoms with van der Waals surface area (Å²) >= 11 is 0. The fourth-order valence-electron chi connectivity index (χ4n) is 2.54. The molecule has 6 N–H and O–H groups in total. The van der Waals surface area contributed by atoms with E-state index in [-0.39, 0.29) is 42.7 Å². The highest BCUT2D eigenvalue weighted by atomic mass is 19.1. The molecular weight excluding hydrogens is 385 g/mol. The Morgan fingerprint density at radius 1 is 1.24 bits per heavy atom. The third-order valence-corrected chi connectivity index (χ3v) is 3.87. The highest BCUT2D eigenvalue weighted by molar-refractivity contribution is 5.97. The van der Waals surface area contributed by atoms with Gasteiger partial charge in [-0.25, -0.2) is 9.18 Å². The average molecular weight is 407 g/mol. The van der Waals surface area contributed by atoms with Gasteiger partial charge in [0.15, 0.2) is 23.4 Å². The highest BCUT2D eigenvalue weighted by Crippen LogP contribution is 2.34. The van der Waals surface area contributed by atoms with E-state index in [1.165, 1.54) is 30.3 Å². The molecule has 0 saturated carbocycles. The maximum Gasteiger partial charge on any atom is 0.330 e. The Morgan fingerprint density at radius 3 is 2.45 bits per heavy atom. The fourth-order valence-corrected chi connectivity index (χ4v) is 2.54. The van der Waals surface area contributed by atoms with Crippen molar-refractivity contribution < 1.29 is 34.1 Å². The van der Waals surface area contributed by atoms with Crippen LogP contribution in [-0.4, -0.2) is 47.0 Å². The zero-order valence-electron chi connectivity index (χ0n) is 15.6. The standard InChI is InChI=1S/C19H22FN3O6/c1-2-28-15-9-13(14(20)10-16(15)29-8-7-24)17(19(25)26)22-12-5-3-11(4-6-12)18(21)23-27/h3-6,9-10,17,22,24,27H,2,7-8H2,1H3,(H2,21,23)(H,25,26). The van der Waals surface area contributed by atoms with Gasteiger partial charge in [0.1, 0.15) is 12.4 Å². The molecule has 0 radical (unpaired) electrons. The summed E-state index contributed by atoms with van der Waals surface area (Å²) in [5.74, 6) is -2.00. The normalized spacial score (nSPS) is 12.3. The van der Waals surface area contributed by atoms with E-state index < -0.39 is 17.8 Å². The van der Waals surface area contributed by atoms with Gasteiger partial charge >= 0.3 is 5.97 Å². The summed E-state index contributed by atoms with van der Waals surface area (Å²) in [6.45, 7) is 1.64. The molecule has 2 aromatic rings. The van der Waals surface area contributed by atoms with Crippen molar-refractivity contribution in [3.8, 4) is 11.5 Å². The van der Waals surface area contributed by atoms with E-state index in [0.717, 1.165) is 6.07 Å². The molecule has 0 fully saturated rings. The Morgan fingerprint density at radius 2 is 1.90 bits per heavy atom. The predicted molar refractivity (Wildman–Crippen MR) is 103 cm³/mol. The van der Waals surface area contributed by atoms with E-state index in [2.05, 4.69) is 10.5 Å². The quantitative estimate of drug-likeness (QED) is 0.174. The van der Waals surface area contributed by atoms with Gasteiger partial charge in [-0.3, -0.25) is 0 Å². The lowest BCUT2D eigenvalue weighted by molar-refractivity contribution is -0.138. The van der Waals surface area contributed by atoms with Crippen LogP contribution in [0.4, 0.5) is 10.1 Å². The summed E-state index contributed by atoms with van der Waals surface area (Å²) in [5, 5.41) is 32.8. The van der Waals surface area contributed by atoms with Crippen molar-refractivity contribution in [1.82, 2.24) is 0 Å². The van der Waals surface area contributed by atoms with Crippen molar-refractivity contribution in [1.29, 1.82) is 0 Å². The number of hydrogen-bond acceptors (Lipinski definition) is 7. The van der Waals surface area contributed by atoms with Gasteiger partial charge in [-0.05, 0) is 37.3 Å². The van der Waals surface area contributed by atoms with E-state index in [0.29, 0.717) is 11.3 Å². The topological polar surface area (TPSA) is 147 Å². The van der Waals surface area contributed by atoms with Gasteiger partial charge in [0.25, 0.3) is 0 Å². The number of aliphatic hydroxyl groups excluding tert-OH is 1. The van der Waals surface area contributed by atoms with Gasteiger partial charge < -0.3 is 35.9 Å². The van der Waals surface area contributed by atoms with Gasteiger partial charge in [-0.15, -0.1) is 0 Å². The van der Waals surface area contributed by atoms with Crippen LogP contribution in [0.2, 0.25) is 0 Å². The number of carboxylic acid groups (broad SMARTS) is 1. The SMILES string of the molecule is CCOc1cc(C(Nc2ccc(/C(N)=N/O)cc2)C(=O)O)c(F)cc1OCCO. The number of benzene rings is 2. The number of ether oxygens (including phenoxy) is 2. The number of nitrogens with two attached hydrogens (primary N) is 1. The molecule has 2 rings (SSSR count).